The maximum Gasteiger partial charge on any atom is 0.335 e. The molecular formula is C37H45F2N9O5. The monoisotopic (exact) mass is 733 g/mol. The van der Waals surface area contributed by atoms with Gasteiger partial charge in [-0.05, 0) is 74.4 Å². The van der Waals surface area contributed by atoms with Crippen LogP contribution < -0.4 is 30.7 Å². The molecule has 0 spiro atoms. The highest BCUT2D eigenvalue weighted by molar-refractivity contribution is 5.89. The third-order valence-corrected chi connectivity index (χ3v) is 9.70. The topological polar surface area (TPSA) is 149 Å². The lowest BCUT2D eigenvalue weighted by atomic mass is 9.87. The summed E-state index contributed by atoms with van der Waals surface area (Å²) in [5.41, 5.74) is 6.93. The van der Waals surface area contributed by atoms with Gasteiger partial charge in [-0.25, -0.2) is 23.2 Å². The molecule has 2 fully saturated rings. The summed E-state index contributed by atoms with van der Waals surface area (Å²) in [6.45, 7) is 7.64. The van der Waals surface area contributed by atoms with Crippen LogP contribution in [-0.2, 0) is 21.7 Å². The van der Waals surface area contributed by atoms with Crippen molar-refractivity contribution in [2.45, 2.75) is 51.0 Å². The Kier molecular flexibility index (Phi) is 12.0. The summed E-state index contributed by atoms with van der Waals surface area (Å²) in [6, 6.07) is 18.0. The molecule has 53 heavy (non-hydrogen) atoms. The van der Waals surface area contributed by atoms with Crippen LogP contribution in [0.3, 0.4) is 0 Å². The molecule has 0 radical (unpaired) electrons. The van der Waals surface area contributed by atoms with E-state index in [1.165, 1.54) is 23.6 Å². The minimum atomic E-state index is -1.03. The van der Waals surface area contributed by atoms with Crippen LogP contribution in [0.4, 0.5) is 30.6 Å². The number of nitrogens with zero attached hydrogens (tertiary/aromatic N) is 6. The van der Waals surface area contributed by atoms with Crippen LogP contribution in [0.2, 0.25) is 0 Å². The Morgan fingerprint density at radius 3 is 2.34 bits per heavy atom. The predicted molar refractivity (Wildman–Crippen MR) is 194 cm³/mol. The van der Waals surface area contributed by atoms with E-state index < -0.39 is 35.4 Å². The van der Waals surface area contributed by atoms with E-state index in [0.29, 0.717) is 38.2 Å². The second-order valence-corrected chi connectivity index (χ2v) is 13.3. The summed E-state index contributed by atoms with van der Waals surface area (Å²) in [7, 11) is 0. The number of ether oxygens (including phenoxy) is 2. The maximum absolute atomic E-state index is 15.0. The Labute approximate surface area is 306 Å². The molecule has 4 N–H and O–H groups in total. The number of aliphatic hydroxyl groups is 1. The fourth-order valence-electron chi connectivity index (χ4n) is 7.01. The highest BCUT2D eigenvalue weighted by atomic mass is 19.1. The van der Waals surface area contributed by atoms with Crippen molar-refractivity contribution in [3.05, 3.63) is 96.6 Å². The van der Waals surface area contributed by atoms with E-state index in [9.17, 15) is 23.5 Å². The molecule has 2 aliphatic rings. The minimum Gasteiger partial charge on any atom is -0.493 e. The molecule has 0 aliphatic carbocycles. The number of nitrogens with one attached hydrogen (secondary N) is 3. The number of aromatic nitrogens is 3. The first-order chi connectivity index (χ1) is 25.7. The van der Waals surface area contributed by atoms with Crippen LogP contribution in [0.15, 0.2) is 79.4 Å². The Balaban J connectivity index is 0.974. The molecule has 3 heterocycles. The van der Waals surface area contributed by atoms with Gasteiger partial charge in [-0.1, -0.05) is 13.0 Å². The van der Waals surface area contributed by atoms with Crippen molar-refractivity contribution in [3.63, 3.8) is 0 Å². The second-order valence-electron chi connectivity index (χ2n) is 13.3. The zero-order valence-electron chi connectivity index (χ0n) is 29.7. The fourth-order valence-corrected chi connectivity index (χ4v) is 7.01. The van der Waals surface area contributed by atoms with Crippen molar-refractivity contribution in [1.29, 1.82) is 0 Å². The molecule has 4 atom stereocenters. The second kappa shape index (κ2) is 17.0. The lowest BCUT2D eigenvalue weighted by Crippen LogP contribution is -2.59. The number of urea groups is 1. The van der Waals surface area contributed by atoms with Gasteiger partial charge in [0.05, 0.1) is 31.9 Å². The molecule has 2 saturated heterocycles. The number of anilines is 3. The molecule has 0 unspecified atom stereocenters. The van der Waals surface area contributed by atoms with Crippen LogP contribution in [0, 0.1) is 17.6 Å². The van der Waals surface area contributed by atoms with Crippen molar-refractivity contribution in [1.82, 2.24) is 30.7 Å². The number of carbonyl (C=O) groups excluding carboxylic acids is 2. The first kappa shape index (κ1) is 37.4. The maximum atomic E-state index is 15.0. The standard InChI is InChI=1S/C37H45F2N9O5/c1-3-35(26(2)50)48(42-25-49)44-36(51)43-29-5-7-30(8-6-29)45-14-16-46(17-15-45)31-9-11-32(12-10-31)52-20-27-19-37(53-21-27,22-47-24-40-23-41-47)33-13-4-28(38)18-34(33)39/h4-13,18,23-27,35,50H,3,14-17,19-22H2,1-2H3,(H,42,49)(H2,43,44,51)/t26-,27+,35-,37-/m0/s1. The molecule has 16 heteroatoms. The average Bonchev–Trinajstić information content (AvgIpc) is 3.82. The number of halogens is 2. The lowest BCUT2D eigenvalue weighted by Gasteiger charge is -2.37. The first-order valence-corrected chi connectivity index (χ1v) is 17.7. The van der Waals surface area contributed by atoms with Crippen LogP contribution in [-0.4, -0.2) is 89.0 Å². The number of hydrazine groups is 2. The van der Waals surface area contributed by atoms with E-state index in [4.69, 9.17) is 9.47 Å². The van der Waals surface area contributed by atoms with E-state index in [1.807, 2.05) is 55.5 Å². The summed E-state index contributed by atoms with van der Waals surface area (Å²) >= 11 is 0. The zero-order valence-corrected chi connectivity index (χ0v) is 29.7. The quantitative estimate of drug-likeness (QED) is 0.104. The van der Waals surface area contributed by atoms with Crippen molar-refractivity contribution < 1.29 is 33.0 Å². The minimum absolute atomic E-state index is 0.0249. The molecule has 6 rings (SSSR count). The summed E-state index contributed by atoms with van der Waals surface area (Å²) < 4.78 is 42.7. The summed E-state index contributed by atoms with van der Waals surface area (Å²) in [6.07, 6.45) is 3.58. The predicted octanol–water partition coefficient (Wildman–Crippen LogP) is 4.05. The van der Waals surface area contributed by atoms with Gasteiger partial charge >= 0.3 is 6.03 Å². The summed E-state index contributed by atoms with van der Waals surface area (Å²) in [5, 5.41) is 18.1. The summed E-state index contributed by atoms with van der Waals surface area (Å²) in [4.78, 5) is 32.2. The number of amides is 3. The van der Waals surface area contributed by atoms with E-state index in [1.54, 1.807) is 17.9 Å². The van der Waals surface area contributed by atoms with Crippen LogP contribution in [0.25, 0.3) is 0 Å². The Morgan fingerprint density at radius 2 is 1.75 bits per heavy atom. The smallest absolute Gasteiger partial charge is 0.335 e. The number of benzene rings is 3. The number of rotatable bonds is 15. The van der Waals surface area contributed by atoms with Gasteiger partial charge in [-0.15, -0.1) is 5.12 Å². The Hall–Kier alpha value is -5.32. The van der Waals surface area contributed by atoms with Gasteiger partial charge in [-0.2, -0.15) is 5.10 Å². The highest BCUT2D eigenvalue weighted by Crippen LogP contribution is 2.42. The van der Waals surface area contributed by atoms with E-state index >= 15 is 0 Å². The molecule has 282 valence electrons. The summed E-state index contributed by atoms with van der Waals surface area (Å²) in [5.74, 6) is -0.608. The van der Waals surface area contributed by atoms with Crippen molar-refractivity contribution >= 4 is 29.5 Å². The van der Waals surface area contributed by atoms with Gasteiger partial charge < -0.3 is 29.7 Å². The Bertz CT molecular complexity index is 1790. The Morgan fingerprint density at radius 1 is 1.08 bits per heavy atom. The van der Waals surface area contributed by atoms with Crippen molar-refractivity contribution in [3.8, 4) is 5.75 Å². The molecule has 14 nitrogen and oxygen atoms in total. The van der Waals surface area contributed by atoms with E-state index in [2.05, 4.69) is 36.1 Å². The van der Waals surface area contributed by atoms with E-state index in [-0.39, 0.29) is 18.0 Å². The fraction of sp³-hybridized carbons (Fsp3) is 0.405. The molecule has 3 aromatic carbocycles. The van der Waals surface area contributed by atoms with Gasteiger partial charge in [0.1, 0.15) is 35.6 Å². The number of aliphatic hydroxyl groups excluding tert-OH is 1. The average molecular weight is 734 g/mol. The third-order valence-electron chi connectivity index (χ3n) is 9.70. The molecular weight excluding hydrogens is 688 g/mol. The van der Waals surface area contributed by atoms with Crippen molar-refractivity contribution in [2.75, 3.05) is 54.5 Å². The van der Waals surface area contributed by atoms with Crippen LogP contribution >= 0.6 is 0 Å². The van der Waals surface area contributed by atoms with Crippen molar-refractivity contribution in [2.24, 2.45) is 5.92 Å². The SMILES string of the molecule is CC[C@@H]([C@H](C)O)N(NC=O)NC(=O)Nc1ccc(N2CCN(c3ccc(OC[C@@H]4CO[C@@](Cn5cncn5)(c5ccc(F)cc5F)C4)cc3)CC2)cc1. The number of hydrogen-bond donors (Lipinski definition) is 4. The van der Waals surface area contributed by atoms with E-state index in [0.717, 1.165) is 49.4 Å². The zero-order chi connectivity index (χ0) is 37.4. The number of carbonyl (C=O) groups is 2. The van der Waals surface area contributed by atoms with Gasteiger partial charge in [0.15, 0.2) is 0 Å². The van der Waals surface area contributed by atoms with Gasteiger partial charge in [0.2, 0.25) is 6.41 Å². The third kappa shape index (κ3) is 9.19. The molecule has 4 aromatic rings. The van der Waals surface area contributed by atoms with Gasteiger partial charge in [0, 0.05) is 60.8 Å². The van der Waals surface area contributed by atoms with Crippen LogP contribution in [0.5, 0.6) is 5.75 Å². The number of piperazine rings is 1. The normalized spacial score (nSPS) is 19.8. The molecule has 1 aromatic heterocycles. The largest absolute Gasteiger partial charge is 0.493 e. The van der Waals surface area contributed by atoms with Gasteiger partial charge in [-0.3, -0.25) is 15.6 Å². The number of hydrogen-bond acceptors (Lipinski definition) is 10. The molecule has 3 amide bonds. The molecule has 0 saturated carbocycles. The molecule has 0 bridgehead atoms. The van der Waals surface area contributed by atoms with Crippen LogP contribution in [0.1, 0.15) is 32.3 Å². The first-order valence-electron chi connectivity index (χ1n) is 17.7. The molecule has 2 aliphatic heterocycles. The highest BCUT2D eigenvalue weighted by Gasteiger charge is 2.44. The lowest BCUT2D eigenvalue weighted by molar-refractivity contribution is -0.117. The van der Waals surface area contributed by atoms with Gasteiger partial charge in [0.25, 0.3) is 0 Å².